The summed E-state index contributed by atoms with van der Waals surface area (Å²) >= 11 is 0. The SMILES string of the molecule is CCN(CC)C(=O)C(C)N1CCCC1CCCO. The van der Waals surface area contributed by atoms with Crippen molar-refractivity contribution in [1.29, 1.82) is 0 Å². The zero-order valence-electron chi connectivity index (χ0n) is 12.1. The van der Waals surface area contributed by atoms with E-state index in [9.17, 15) is 4.79 Å². The molecule has 1 amide bonds. The molecule has 0 aliphatic carbocycles. The largest absolute Gasteiger partial charge is 0.396 e. The highest BCUT2D eigenvalue weighted by atomic mass is 16.3. The lowest BCUT2D eigenvalue weighted by molar-refractivity contribution is -0.136. The van der Waals surface area contributed by atoms with Crippen molar-refractivity contribution >= 4 is 5.91 Å². The lowest BCUT2D eigenvalue weighted by Gasteiger charge is -2.33. The fraction of sp³-hybridized carbons (Fsp3) is 0.929. The lowest BCUT2D eigenvalue weighted by Crippen LogP contribution is -2.48. The molecule has 2 atom stereocenters. The van der Waals surface area contributed by atoms with Crippen LogP contribution < -0.4 is 0 Å². The third-order valence-corrected chi connectivity index (χ3v) is 4.05. The van der Waals surface area contributed by atoms with Gasteiger partial charge >= 0.3 is 0 Å². The van der Waals surface area contributed by atoms with Crippen LogP contribution in [-0.2, 0) is 4.79 Å². The molecule has 0 aromatic heterocycles. The number of hydrogen-bond acceptors (Lipinski definition) is 3. The number of likely N-dealkylation sites (N-methyl/N-ethyl adjacent to an activating group) is 1. The van der Waals surface area contributed by atoms with Crippen molar-refractivity contribution in [1.82, 2.24) is 9.80 Å². The monoisotopic (exact) mass is 256 g/mol. The smallest absolute Gasteiger partial charge is 0.239 e. The maximum Gasteiger partial charge on any atom is 0.239 e. The van der Waals surface area contributed by atoms with E-state index in [4.69, 9.17) is 5.11 Å². The van der Waals surface area contributed by atoms with Gasteiger partial charge < -0.3 is 10.0 Å². The molecule has 1 fully saturated rings. The molecule has 0 aromatic carbocycles. The van der Waals surface area contributed by atoms with Gasteiger partial charge in [-0.2, -0.15) is 0 Å². The Morgan fingerprint density at radius 1 is 1.44 bits per heavy atom. The highest BCUT2D eigenvalue weighted by Crippen LogP contribution is 2.24. The molecule has 2 unspecified atom stereocenters. The van der Waals surface area contributed by atoms with Gasteiger partial charge in [0, 0.05) is 25.7 Å². The number of likely N-dealkylation sites (tertiary alicyclic amines) is 1. The Hall–Kier alpha value is -0.610. The number of aliphatic hydroxyl groups is 1. The van der Waals surface area contributed by atoms with Crippen LogP contribution in [0.5, 0.6) is 0 Å². The van der Waals surface area contributed by atoms with Crippen LogP contribution in [0.1, 0.15) is 46.5 Å². The fourth-order valence-electron chi connectivity index (χ4n) is 2.95. The summed E-state index contributed by atoms with van der Waals surface area (Å²) in [6.45, 7) is 8.93. The first-order chi connectivity index (χ1) is 8.65. The summed E-state index contributed by atoms with van der Waals surface area (Å²) in [6, 6.07) is 0.461. The van der Waals surface area contributed by atoms with Crippen LogP contribution in [0.2, 0.25) is 0 Å². The molecule has 4 nitrogen and oxygen atoms in total. The van der Waals surface area contributed by atoms with Crippen LogP contribution in [0, 0.1) is 0 Å². The van der Waals surface area contributed by atoms with E-state index in [1.54, 1.807) is 0 Å². The molecule has 0 bridgehead atoms. The van der Waals surface area contributed by atoms with Crippen LogP contribution in [0.4, 0.5) is 0 Å². The van der Waals surface area contributed by atoms with Crippen LogP contribution in [0.25, 0.3) is 0 Å². The standard InChI is InChI=1S/C14H28N2O2/c1-4-15(5-2)14(18)12(3)16-10-6-8-13(16)9-7-11-17/h12-13,17H,4-11H2,1-3H3. The van der Waals surface area contributed by atoms with Gasteiger partial charge in [-0.3, -0.25) is 9.69 Å². The Morgan fingerprint density at radius 3 is 2.67 bits per heavy atom. The highest BCUT2D eigenvalue weighted by molar-refractivity contribution is 5.81. The molecular weight excluding hydrogens is 228 g/mol. The second kappa shape index (κ2) is 7.74. The predicted octanol–water partition coefficient (Wildman–Crippen LogP) is 1.48. The zero-order chi connectivity index (χ0) is 13.5. The Kier molecular flexibility index (Phi) is 6.65. The second-order valence-electron chi connectivity index (χ2n) is 5.09. The Balaban J connectivity index is 2.58. The zero-order valence-corrected chi connectivity index (χ0v) is 12.1. The van der Waals surface area contributed by atoms with E-state index < -0.39 is 0 Å². The average molecular weight is 256 g/mol. The molecule has 106 valence electrons. The third kappa shape index (κ3) is 3.69. The van der Waals surface area contributed by atoms with E-state index in [1.165, 1.54) is 6.42 Å². The van der Waals surface area contributed by atoms with Crippen molar-refractivity contribution in [2.45, 2.75) is 58.5 Å². The fourth-order valence-corrected chi connectivity index (χ4v) is 2.95. The lowest BCUT2D eigenvalue weighted by atomic mass is 10.1. The van der Waals surface area contributed by atoms with Gasteiger partial charge in [0.25, 0.3) is 0 Å². The summed E-state index contributed by atoms with van der Waals surface area (Å²) < 4.78 is 0. The van der Waals surface area contributed by atoms with Crippen molar-refractivity contribution in [3.8, 4) is 0 Å². The van der Waals surface area contributed by atoms with Crippen LogP contribution >= 0.6 is 0 Å². The summed E-state index contributed by atoms with van der Waals surface area (Å²) in [5.41, 5.74) is 0. The van der Waals surface area contributed by atoms with E-state index >= 15 is 0 Å². The highest BCUT2D eigenvalue weighted by Gasteiger charge is 2.32. The van der Waals surface area contributed by atoms with Crippen molar-refractivity contribution < 1.29 is 9.90 Å². The molecule has 1 saturated heterocycles. The molecule has 18 heavy (non-hydrogen) atoms. The third-order valence-electron chi connectivity index (χ3n) is 4.05. The quantitative estimate of drug-likeness (QED) is 0.750. The normalized spacial score (nSPS) is 22.1. The average Bonchev–Trinajstić information content (AvgIpc) is 2.84. The number of hydrogen-bond donors (Lipinski definition) is 1. The Labute approximate surface area is 111 Å². The number of carbonyl (C=O) groups is 1. The minimum atomic E-state index is -0.0175. The summed E-state index contributed by atoms with van der Waals surface area (Å²) in [4.78, 5) is 16.6. The number of rotatable bonds is 7. The number of carbonyl (C=O) groups excluding carboxylic acids is 1. The van der Waals surface area contributed by atoms with Crippen LogP contribution in [-0.4, -0.2) is 59.1 Å². The van der Waals surface area contributed by atoms with Crippen LogP contribution in [0.15, 0.2) is 0 Å². The van der Waals surface area contributed by atoms with E-state index in [1.807, 2.05) is 25.7 Å². The molecular formula is C14H28N2O2. The number of aliphatic hydroxyl groups excluding tert-OH is 1. The van der Waals surface area contributed by atoms with E-state index in [-0.39, 0.29) is 18.6 Å². The first-order valence-corrected chi connectivity index (χ1v) is 7.31. The molecule has 1 N–H and O–H groups in total. The minimum absolute atomic E-state index is 0.0175. The molecule has 4 heteroatoms. The first-order valence-electron chi connectivity index (χ1n) is 7.31. The van der Waals surface area contributed by atoms with Gasteiger partial charge in [0.2, 0.25) is 5.91 Å². The first kappa shape index (κ1) is 15.4. The number of amides is 1. The van der Waals surface area contributed by atoms with Gasteiger partial charge in [0.15, 0.2) is 0 Å². The van der Waals surface area contributed by atoms with E-state index in [0.717, 1.165) is 38.9 Å². The van der Waals surface area contributed by atoms with E-state index in [0.29, 0.717) is 6.04 Å². The van der Waals surface area contributed by atoms with Crippen molar-refractivity contribution in [3.05, 3.63) is 0 Å². The Morgan fingerprint density at radius 2 is 2.11 bits per heavy atom. The van der Waals surface area contributed by atoms with Gasteiger partial charge in [-0.05, 0) is 53.0 Å². The molecule has 0 saturated carbocycles. The topological polar surface area (TPSA) is 43.8 Å². The predicted molar refractivity (Wildman–Crippen MR) is 73.4 cm³/mol. The minimum Gasteiger partial charge on any atom is -0.396 e. The van der Waals surface area contributed by atoms with Crippen molar-refractivity contribution in [2.24, 2.45) is 0 Å². The summed E-state index contributed by atoms with van der Waals surface area (Å²) in [5.74, 6) is 0.246. The van der Waals surface area contributed by atoms with Gasteiger partial charge in [0.05, 0.1) is 6.04 Å². The maximum atomic E-state index is 12.3. The molecule has 1 rings (SSSR count). The van der Waals surface area contributed by atoms with Crippen molar-refractivity contribution in [3.63, 3.8) is 0 Å². The van der Waals surface area contributed by atoms with Crippen LogP contribution in [0.3, 0.4) is 0 Å². The van der Waals surface area contributed by atoms with E-state index in [2.05, 4.69) is 4.90 Å². The summed E-state index contributed by atoms with van der Waals surface area (Å²) in [7, 11) is 0. The number of nitrogens with zero attached hydrogens (tertiary/aromatic N) is 2. The Bertz CT molecular complexity index is 254. The van der Waals surface area contributed by atoms with Gasteiger partial charge in [-0.15, -0.1) is 0 Å². The van der Waals surface area contributed by atoms with Gasteiger partial charge in [-0.1, -0.05) is 0 Å². The molecule has 1 aliphatic heterocycles. The molecule has 1 aliphatic rings. The maximum absolute atomic E-state index is 12.3. The molecule has 0 spiro atoms. The molecule has 0 radical (unpaired) electrons. The summed E-state index contributed by atoms with van der Waals surface area (Å²) in [5, 5.41) is 8.93. The molecule has 0 aromatic rings. The van der Waals surface area contributed by atoms with Gasteiger partial charge in [0.1, 0.15) is 0 Å². The van der Waals surface area contributed by atoms with Crippen molar-refractivity contribution in [2.75, 3.05) is 26.2 Å². The second-order valence-corrected chi connectivity index (χ2v) is 5.09. The van der Waals surface area contributed by atoms with Gasteiger partial charge in [-0.25, -0.2) is 0 Å². The molecule has 1 heterocycles. The summed E-state index contributed by atoms with van der Waals surface area (Å²) in [6.07, 6.45) is 4.18.